The summed E-state index contributed by atoms with van der Waals surface area (Å²) in [6.07, 6.45) is 5.50. The molecule has 0 unspecified atom stereocenters. The average molecular weight is 257 g/mol. The Morgan fingerprint density at radius 2 is 2.05 bits per heavy atom. The van der Waals surface area contributed by atoms with Gasteiger partial charge in [0.1, 0.15) is 5.78 Å². The minimum atomic E-state index is 0.204. The van der Waals surface area contributed by atoms with Crippen molar-refractivity contribution in [2.45, 2.75) is 57.7 Å². The number of hydrogen-bond donors (Lipinski definition) is 0. The summed E-state index contributed by atoms with van der Waals surface area (Å²) >= 11 is 0. The summed E-state index contributed by atoms with van der Waals surface area (Å²) in [5.41, 5.74) is 1.34. The molecule has 2 aliphatic rings. The smallest absolute Gasteiger partial charge is 0.150 e. The van der Waals surface area contributed by atoms with Gasteiger partial charge in [-0.05, 0) is 30.7 Å². The van der Waals surface area contributed by atoms with Crippen molar-refractivity contribution < 1.29 is 4.79 Å². The third kappa shape index (κ3) is 2.46. The Labute approximate surface area is 115 Å². The van der Waals surface area contributed by atoms with E-state index in [2.05, 4.69) is 42.2 Å². The second-order valence-electron chi connectivity index (χ2n) is 6.03. The number of ketones is 1. The third-order valence-corrected chi connectivity index (χ3v) is 4.82. The molecule has 2 bridgehead atoms. The fraction of sp³-hybridized carbons (Fsp3) is 0.588. The summed E-state index contributed by atoms with van der Waals surface area (Å²) in [5, 5.41) is 0. The van der Waals surface area contributed by atoms with Crippen LogP contribution in [0.4, 0.5) is 0 Å². The first kappa shape index (κ1) is 12.9. The second-order valence-corrected chi connectivity index (χ2v) is 6.03. The molecule has 3 rings (SSSR count). The van der Waals surface area contributed by atoms with E-state index >= 15 is 0 Å². The molecule has 1 aromatic carbocycles. The van der Waals surface area contributed by atoms with E-state index in [4.69, 9.17) is 0 Å². The molecule has 0 spiro atoms. The van der Waals surface area contributed by atoms with Gasteiger partial charge >= 0.3 is 0 Å². The molecular weight excluding hydrogens is 234 g/mol. The predicted molar refractivity (Wildman–Crippen MR) is 76.8 cm³/mol. The molecule has 0 N–H and O–H groups in total. The number of benzene rings is 1. The maximum Gasteiger partial charge on any atom is 0.150 e. The van der Waals surface area contributed by atoms with Crippen molar-refractivity contribution >= 4 is 5.78 Å². The van der Waals surface area contributed by atoms with Crippen LogP contribution in [0.3, 0.4) is 0 Å². The second kappa shape index (κ2) is 5.46. The summed E-state index contributed by atoms with van der Waals surface area (Å²) in [6.45, 7) is 3.20. The van der Waals surface area contributed by atoms with Crippen LogP contribution in [0, 0.1) is 5.92 Å². The molecule has 0 aromatic heterocycles. The molecule has 0 amide bonds. The monoisotopic (exact) mass is 257 g/mol. The highest BCUT2D eigenvalue weighted by atomic mass is 16.1. The van der Waals surface area contributed by atoms with Crippen LogP contribution in [0.15, 0.2) is 30.3 Å². The fourth-order valence-corrected chi connectivity index (χ4v) is 3.96. The number of carbonyl (C=O) groups is 1. The normalized spacial score (nSPS) is 30.8. The molecule has 2 heterocycles. The van der Waals surface area contributed by atoms with E-state index in [0.29, 0.717) is 11.8 Å². The van der Waals surface area contributed by atoms with Crippen molar-refractivity contribution in [2.24, 2.45) is 5.92 Å². The largest absolute Gasteiger partial charge is 0.298 e. The van der Waals surface area contributed by atoms with E-state index in [1.807, 2.05) is 0 Å². The van der Waals surface area contributed by atoms with Gasteiger partial charge in [0.25, 0.3) is 0 Å². The van der Waals surface area contributed by atoms with Gasteiger partial charge in [0.05, 0.1) is 6.04 Å². The summed E-state index contributed by atoms with van der Waals surface area (Å²) in [5.74, 6) is 1.22. The van der Waals surface area contributed by atoms with Gasteiger partial charge in [-0.1, -0.05) is 43.7 Å². The van der Waals surface area contributed by atoms with E-state index in [1.165, 1.54) is 18.4 Å². The van der Waals surface area contributed by atoms with Crippen LogP contribution in [0.5, 0.6) is 0 Å². The van der Waals surface area contributed by atoms with Crippen molar-refractivity contribution in [2.75, 3.05) is 0 Å². The number of Topliss-reactive ketones (excluding diaryl/α,β-unsaturated/α-hetero) is 1. The highest BCUT2D eigenvalue weighted by molar-refractivity contribution is 5.85. The molecule has 3 atom stereocenters. The highest BCUT2D eigenvalue weighted by Crippen LogP contribution is 2.40. The van der Waals surface area contributed by atoms with Crippen molar-refractivity contribution in [1.29, 1.82) is 0 Å². The third-order valence-electron chi connectivity index (χ3n) is 4.82. The number of hydrogen-bond acceptors (Lipinski definition) is 2. The Hall–Kier alpha value is -1.15. The molecule has 19 heavy (non-hydrogen) atoms. The molecule has 2 heteroatoms. The van der Waals surface area contributed by atoms with Crippen molar-refractivity contribution in [3.63, 3.8) is 0 Å². The fourth-order valence-electron chi connectivity index (χ4n) is 3.96. The van der Waals surface area contributed by atoms with Gasteiger partial charge in [-0.25, -0.2) is 0 Å². The first-order valence-electron chi connectivity index (χ1n) is 7.62. The standard InChI is InChI=1S/C17H23NO/c1-2-6-14-11-16-17(19)10-9-15(14)18(16)12-13-7-4-3-5-8-13/h3-5,7-8,14-16H,2,6,9-12H2,1H3/t14-,15+,16+/m0/s1. The predicted octanol–water partition coefficient (Wildman–Crippen LogP) is 3.41. The first-order valence-corrected chi connectivity index (χ1v) is 7.62. The van der Waals surface area contributed by atoms with E-state index in [-0.39, 0.29) is 6.04 Å². The van der Waals surface area contributed by atoms with Crippen LogP contribution in [0.2, 0.25) is 0 Å². The maximum absolute atomic E-state index is 12.2. The van der Waals surface area contributed by atoms with Crippen LogP contribution in [0.1, 0.15) is 44.6 Å². The summed E-state index contributed by atoms with van der Waals surface area (Å²) < 4.78 is 0. The van der Waals surface area contributed by atoms with Crippen LogP contribution in [0.25, 0.3) is 0 Å². The molecule has 2 nitrogen and oxygen atoms in total. The lowest BCUT2D eigenvalue weighted by molar-refractivity contribution is -0.126. The number of piperidine rings is 1. The zero-order valence-corrected chi connectivity index (χ0v) is 11.7. The van der Waals surface area contributed by atoms with Crippen LogP contribution < -0.4 is 0 Å². The Morgan fingerprint density at radius 3 is 2.79 bits per heavy atom. The number of rotatable bonds is 4. The van der Waals surface area contributed by atoms with Gasteiger partial charge in [-0.2, -0.15) is 0 Å². The zero-order chi connectivity index (χ0) is 13.2. The minimum Gasteiger partial charge on any atom is -0.298 e. The van der Waals surface area contributed by atoms with Gasteiger partial charge in [0.2, 0.25) is 0 Å². The summed E-state index contributed by atoms with van der Waals surface area (Å²) in [6, 6.07) is 11.4. The van der Waals surface area contributed by atoms with Crippen LogP contribution in [-0.2, 0) is 11.3 Å². The SMILES string of the molecule is CCC[C@H]1C[C@@H]2C(=O)CC[C@H]1N2Cc1ccccc1. The van der Waals surface area contributed by atoms with Crippen molar-refractivity contribution in [1.82, 2.24) is 4.90 Å². The summed E-state index contributed by atoms with van der Waals surface area (Å²) in [7, 11) is 0. The lowest BCUT2D eigenvalue weighted by Crippen LogP contribution is -2.45. The molecule has 2 fully saturated rings. The maximum atomic E-state index is 12.2. The number of fused-ring (bicyclic) bond motifs is 2. The Kier molecular flexibility index (Phi) is 3.69. The Balaban J connectivity index is 1.78. The highest BCUT2D eigenvalue weighted by Gasteiger charge is 2.46. The topological polar surface area (TPSA) is 20.3 Å². The lowest BCUT2D eigenvalue weighted by atomic mass is 9.93. The quantitative estimate of drug-likeness (QED) is 0.824. The molecule has 0 saturated carbocycles. The molecule has 2 aliphatic heterocycles. The lowest BCUT2D eigenvalue weighted by Gasteiger charge is -2.35. The van der Waals surface area contributed by atoms with Gasteiger partial charge in [0, 0.05) is 19.0 Å². The van der Waals surface area contributed by atoms with Crippen LogP contribution in [-0.4, -0.2) is 22.8 Å². The van der Waals surface area contributed by atoms with Gasteiger partial charge in [-0.15, -0.1) is 0 Å². The first-order chi connectivity index (χ1) is 9.29. The Bertz CT molecular complexity index is 442. The van der Waals surface area contributed by atoms with Crippen molar-refractivity contribution in [3.05, 3.63) is 35.9 Å². The molecule has 0 radical (unpaired) electrons. The van der Waals surface area contributed by atoms with E-state index in [9.17, 15) is 4.79 Å². The van der Waals surface area contributed by atoms with E-state index in [1.54, 1.807) is 0 Å². The van der Waals surface area contributed by atoms with Crippen molar-refractivity contribution in [3.8, 4) is 0 Å². The average Bonchev–Trinajstić information content (AvgIpc) is 2.66. The molecule has 0 aliphatic carbocycles. The molecular formula is C17H23NO. The van der Waals surface area contributed by atoms with Gasteiger partial charge in [0.15, 0.2) is 0 Å². The van der Waals surface area contributed by atoms with Gasteiger partial charge < -0.3 is 0 Å². The van der Waals surface area contributed by atoms with Gasteiger partial charge in [-0.3, -0.25) is 9.69 Å². The van der Waals surface area contributed by atoms with Crippen LogP contribution >= 0.6 is 0 Å². The Morgan fingerprint density at radius 1 is 1.26 bits per heavy atom. The summed E-state index contributed by atoms with van der Waals surface area (Å²) in [4.78, 5) is 14.6. The number of carbonyl (C=O) groups excluding carboxylic acids is 1. The molecule has 1 aromatic rings. The van der Waals surface area contributed by atoms with E-state index in [0.717, 1.165) is 31.7 Å². The van der Waals surface area contributed by atoms with E-state index < -0.39 is 0 Å². The molecule has 102 valence electrons. The number of nitrogens with zero attached hydrogens (tertiary/aromatic N) is 1. The zero-order valence-electron chi connectivity index (χ0n) is 11.7. The minimum absolute atomic E-state index is 0.204. The molecule has 2 saturated heterocycles.